The minimum absolute atomic E-state index is 0.204. The Labute approximate surface area is 156 Å². The van der Waals surface area contributed by atoms with Crippen LogP contribution in [0, 0.1) is 18.3 Å². The fourth-order valence-corrected chi connectivity index (χ4v) is 3.28. The predicted octanol–water partition coefficient (Wildman–Crippen LogP) is 5.65. The molecule has 0 saturated carbocycles. The van der Waals surface area contributed by atoms with Crippen LogP contribution in [0.15, 0.2) is 91.0 Å². The second-order valence-corrected chi connectivity index (χ2v) is 6.73. The molecule has 0 spiro atoms. The summed E-state index contributed by atoms with van der Waals surface area (Å²) in [6.07, 6.45) is 5.53. The average molecular weight is 340 g/mol. The average Bonchev–Trinajstić information content (AvgIpc) is 2.71. The highest BCUT2D eigenvalue weighted by molar-refractivity contribution is 5.47. The Morgan fingerprint density at radius 1 is 0.692 bits per heavy atom. The summed E-state index contributed by atoms with van der Waals surface area (Å²) in [6, 6.07) is 30.9. The van der Waals surface area contributed by atoms with Crippen molar-refractivity contribution in [3.63, 3.8) is 0 Å². The number of hydrogen-bond acceptors (Lipinski definition) is 1. The van der Waals surface area contributed by atoms with Gasteiger partial charge in [-0.15, -0.1) is 6.42 Å². The van der Waals surface area contributed by atoms with Gasteiger partial charge in [-0.1, -0.05) is 111 Å². The molecule has 0 aliphatic carbocycles. The van der Waals surface area contributed by atoms with Crippen molar-refractivity contribution in [2.45, 2.75) is 25.6 Å². The molecule has 3 aromatic carbocycles. The van der Waals surface area contributed by atoms with Crippen LogP contribution in [-0.4, -0.2) is 6.10 Å². The van der Waals surface area contributed by atoms with Crippen molar-refractivity contribution in [1.82, 2.24) is 0 Å². The van der Waals surface area contributed by atoms with Gasteiger partial charge in [0.25, 0.3) is 0 Å². The summed E-state index contributed by atoms with van der Waals surface area (Å²) in [4.78, 5) is 0. The highest BCUT2D eigenvalue weighted by Crippen LogP contribution is 2.41. The van der Waals surface area contributed by atoms with E-state index in [-0.39, 0.29) is 12.0 Å². The molecule has 0 radical (unpaired) electrons. The van der Waals surface area contributed by atoms with Crippen LogP contribution in [0.2, 0.25) is 0 Å². The van der Waals surface area contributed by atoms with E-state index in [9.17, 15) is 0 Å². The van der Waals surface area contributed by atoms with Crippen molar-refractivity contribution >= 4 is 0 Å². The van der Waals surface area contributed by atoms with E-state index in [4.69, 9.17) is 11.2 Å². The van der Waals surface area contributed by atoms with Crippen LogP contribution in [0.25, 0.3) is 0 Å². The molecule has 0 saturated heterocycles. The van der Waals surface area contributed by atoms with Crippen LogP contribution >= 0.6 is 0 Å². The third kappa shape index (κ3) is 3.43. The SMILES string of the molecule is C#CC(OC(c1ccccc1)(c1ccccc1)c1ccccc1)C(C)C. The molecule has 3 aromatic rings. The van der Waals surface area contributed by atoms with Crippen LogP contribution in [0.4, 0.5) is 0 Å². The molecule has 1 unspecified atom stereocenters. The number of terminal acetylenes is 1. The van der Waals surface area contributed by atoms with E-state index in [2.05, 4.69) is 56.2 Å². The normalized spacial score (nSPS) is 12.5. The highest BCUT2D eigenvalue weighted by atomic mass is 16.5. The number of benzene rings is 3. The lowest BCUT2D eigenvalue weighted by Crippen LogP contribution is -2.38. The van der Waals surface area contributed by atoms with Gasteiger partial charge in [0.2, 0.25) is 0 Å². The number of ether oxygens (including phenoxy) is 1. The van der Waals surface area contributed by atoms with E-state index >= 15 is 0 Å². The fraction of sp³-hybridized carbons (Fsp3) is 0.200. The second kappa shape index (κ2) is 8.04. The summed E-state index contributed by atoms with van der Waals surface area (Å²) in [6.45, 7) is 4.19. The Balaban J connectivity index is 2.30. The smallest absolute Gasteiger partial charge is 0.145 e. The Hall–Kier alpha value is -2.82. The molecule has 0 aliphatic rings. The first-order chi connectivity index (χ1) is 12.7. The van der Waals surface area contributed by atoms with Gasteiger partial charge >= 0.3 is 0 Å². The van der Waals surface area contributed by atoms with Gasteiger partial charge in [0.05, 0.1) is 0 Å². The summed E-state index contributed by atoms with van der Waals surface area (Å²) >= 11 is 0. The van der Waals surface area contributed by atoms with E-state index in [0.29, 0.717) is 0 Å². The van der Waals surface area contributed by atoms with Crippen LogP contribution < -0.4 is 0 Å². The van der Waals surface area contributed by atoms with Crippen molar-refractivity contribution in [3.8, 4) is 12.3 Å². The largest absolute Gasteiger partial charge is 0.345 e. The van der Waals surface area contributed by atoms with Gasteiger partial charge in [-0.25, -0.2) is 0 Å². The molecule has 26 heavy (non-hydrogen) atoms. The van der Waals surface area contributed by atoms with Crippen molar-refractivity contribution in [2.75, 3.05) is 0 Å². The minimum atomic E-state index is -0.759. The van der Waals surface area contributed by atoms with Gasteiger partial charge in [-0.3, -0.25) is 0 Å². The lowest BCUT2D eigenvalue weighted by Gasteiger charge is -2.38. The third-order valence-corrected chi connectivity index (χ3v) is 4.61. The van der Waals surface area contributed by atoms with Gasteiger partial charge in [0, 0.05) is 0 Å². The van der Waals surface area contributed by atoms with E-state index in [0.717, 1.165) is 16.7 Å². The zero-order valence-electron chi connectivity index (χ0n) is 15.3. The molecule has 0 aromatic heterocycles. The molecule has 0 bridgehead atoms. The second-order valence-electron chi connectivity index (χ2n) is 6.73. The Morgan fingerprint density at radius 3 is 1.31 bits per heavy atom. The molecule has 3 rings (SSSR count). The number of rotatable bonds is 6. The topological polar surface area (TPSA) is 9.23 Å². The molecule has 0 N–H and O–H groups in total. The molecule has 1 nitrogen and oxygen atoms in total. The van der Waals surface area contributed by atoms with Crippen LogP contribution in [-0.2, 0) is 10.3 Å². The van der Waals surface area contributed by atoms with Crippen LogP contribution in [0.1, 0.15) is 30.5 Å². The minimum Gasteiger partial charge on any atom is -0.345 e. The summed E-state index contributed by atoms with van der Waals surface area (Å²) in [5, 5.41) is 0. The number of hydrogen-bond donors (Lipinski definition) is 0. The summed E-state index contributed by atoms with van der Waals surface area (Å²) in [5.74, 6) is 3.05. The van der Waals surface area contributed by atoms with Gasteiger partial charge in [0.15, 0.2) is 0 Å². The van der Waals surface area contributed by atoms with Gasteiger partial charge in [0.1, 0.15) is 11.7 Å². The fourth-order valence-electron chi connectivity index (χ4n) is 3.28. The maximum Gasteiger partial charge on any atom is 0.145 e. The standard InChI is InChI=1S/C25H24O/c1-4-24(20(2)3)26-25(21-14-8-5-9-15-21,22-16-10-6-11-17-22)23-18-12-7-13-19-23/h1,5-20,24H,2-3H3. The van der Waals surface area contributed by atoms with Crippen molar-refractivity contribution in [2.24, 2.45) is 5.92 Å². The van der Waals surface area contributed by atoms with Gasteiger partial charge < -0.3 is 4.74 Å². The van der Waals surface area contributed by atoms with E-state index in [1.54, 1.807) is 0 Å². The maximum atomic E-state index is 6.77. The van der Waals surface area contributed by atoms with Crippen molar-refractivity contribution in [1.29, 1.82) is 0 Å². The first-order valence-electron chi connectivity index (χ1n) is 8.99. The highest BCUT2D eigenvalue weighted by Gasteiger charge is 2.40. The summed E-state index contributed by atoms with van der Waals surface area (Å²) in [5.41, 5.74) is 2.44. The molecule has 1 heteroatoms. The zero-order valence-corrected chi connectivity index (χ0v) is 15.3. The Bertz CT molecular complexity index is 748. The summed E-state index contributed by atoms with van der Waals surface area (Å²) in [7, 11) is 0. The van der Waals surface area contributed by atoms with E-state index in [1.807, 2.05) is 54.6 Å². The first-order valence-corrected chi connectivity index (χ1v) is 8.99. The third-order valence-electron chi connectivity index (χ3n) is 4.61. The van der Waals surface area contributed by atoms with Gasteiger partial charge in [-0.2, -0.15) is 0 Å². The summed E-state index contributed by atoms with van der Waals surface area (Å²) < 4.78 is 6.77. The van der Waals surface area contributed by atoms with Crippen LogP contribution in [0.3, 0.4) is 0 Å². The zero-order chi connectivity index (χ0) is 18.4. The molecule has 0 aliphatic heterocycles. The Morgan fingerprint density at radius 2 is 1.04 bits per heavy atom. The molecular formula is C25H24O. The predicted molar refractivity (Wildman–Crippen MR) is 108 cm³/mol. The van der Waals surface area contributed by atoms with E-state index in [1.165, 1.54) is 0 Å². The molecule has 0 amide bonds. The molecule has 130 valence electrons. The molecule has 1 atom stereocenters. The molecule has 0 heterocycles. The Kier molecular flexibility index (Phi) is 5.56. The van der Waals surface area contributed by atoms with Crippen molar-refractivity contribution < 1.29 is 4.74 Å². The van der Waals surface area contributed by atoms with Crippen molar-refractivity contribution in [3.05, 3.63) is 108 Å². The van der Waals surface area contributed by atoms with Gasteiger partial charge in [-0.05, 0) is 22.6 Å². The lowest BCUT2D eigenvalue weighted by atomic mass is 9.79. The molecule has 0 fully saturated rings. The monoisotopic (exact) mass is 340 g/mol. The lowest BCUT2D eigenvalue weighted by molar-refractivity contribution is -0.0389. The van der Waals surface area contributed by atoms with E-state index < -0.39 is 5.60 Å². The molecular weight excluding hydrogens is 316 g/mol. The first kappa shape index (κ1) is 18.0. The van der Waals surface area contributed by atoms with Crippen LogP contribution in [0.5, 0.6) is 0 Å². The maximum absolute atomic E-state index is 6.77. The quantitative estimate of drug-likeness (QED) is 0.416.